The van der Waals surface area contributed by atoms with Crippen LogP contribution in [0.5, 0.6) is 0 Å². The Morgan fingerprint density at radius 3 is 1.08 bits per heavy atom. The minimum absolute atomic E-state index is 0.430. The van der Waals surface area contributed by atoms with Crippen LogP contribution in [0.3, 0.4) is 0 Å². The monoisotopic (exact) mass is 984 g/mol. The Balaban J connectivity index is 0.826. The van der Waals surface area contributed by atoms with E-state index in [4.69, 9.17) is 17.7 Å². The first-order valence-electron chi connectivity index (χ1n) is 26.4. The fourth-order valence-corrected chi connectivity index (χ4v) is 12.1. The zero-order chi connectivity index (χ0) is 51.1. The molecule has 0 spiro atoms. The number of rotatable bonds is 8. The summed E-state index contributed by atoms with van der Waals surface area (Å²) < 4.78 is 26.3. The molecule has 0 aliphatic rings. The molecule has 0 unspecified atom stereocenters. The third-order valence-electron chi connectivity index (χ3n) is 16.1. The van der Waals surface area contributed by atoms with E-state index in [1.54, 1.807) is 0 Å². The van der Waals surface area contributed by atoms with E-state index in [2.05, 4.69) is 221 Å². The third kappa shape index (κ3) is 6.80. The summed E-state index contributed by atoms with van der Waals surface area (Å²) in [6, 6.07) is 69.9. The van der Waals surface area contributed by atoms with Crippen molar-refractivity contribution < 1.29 is 17.7 Å². The van der Waals surface area contributed by atoms with Crippen LogP contribution in [0.15, 0.2) is 212 Å². The van der Waals surface area contributed by atoms with Gasteiger partial charge in [-0.2, -0.15) is 0 Å². The second-order valence-electron chi connectivity index (χ2n) is 21.3. The van der Waals surface area contributed by atoms with Gasteiger partial charge in [-0.1, -0.05) is 100 Å². The summed E-state index contributed by atoms with van der Waals surface area (Å²) in [5.74, 6) is 0.861. The quantitative estimate of drug-likeness (QED) is 0.151. The molecule has 0 saturated carbocycles. The molecule has 6 nitrogen and oxygen atoms in total. The first kappa shape index (κ1) is 44.2. The van der Waals surface area contributed by atoms with Gasteiger partial charge in [-0.3, -0.25) is 0 Å². The summed E-state index contributed by atoms with van der Waals surface area (Å²) in [4.78, 5) is 4.75. The molecular weight excluding hydrogens is 933 g/mol. The lowest BCUT2D eigenvalue weighted by atomic mass is 10.00. The molecule has 0 bridgehead atoms. The Morgan fingerprint density at radius 1 is 0.289 bits per heavy atom. The van der Waals surface area contributed by atoms with Crippen molar-refractivity contribution >= 4 is 143 Å². The lowest BCUT2D eigenvalue weighted by molar-refractivity contribution is 0.664. The second kappa shape index (κ2) is 16.6. The van der Waals surface area contributed by atoms with Crippen LogP contribution in [0.2, 0.25) is 0 Å². The number of benzene rings is 11. The SMILES string of the molecule is Cc1c(N(c2ccc(C(C)C)cc2)c2ccc3cc4c(cc3c2)oc2cc3c(cc24)oc2cc4cc(N(c5ccc(C(C)C)cc5)c5ccc6oc7ccccc7c6c5C)ccc4cc23)ccc2oc3ccccc3c12. The highest BCUT2D eigenvalue weighted by molar-refractivity contribution is 6.19. The molecule has 366 valence electrons. The number of hydrogen-bond acceptors (Lipinski definition) is 6. The van der Waals surface area contributed by atoms with Gasteiger partial charge in [0.25, 0.3) is 0 Å². The normalized spacial score (nSPS) is 12.3. The predicted octanol–water partition coefficient (Wildman–Crippen LogP) is 21.4. The molecule has 15 rings (SSSR count). The number of anilines is 6. The van der Waals surface area contributed by atoms with E-state index in [1.165, 1.54) is 11.1 Å². The van der Waals surface area contributed by atoms with Crippen LogP contribution in [0, 0.1) is 13.8 Å². The van der Waals surface area contributed by atoms with Gasteiger partial charge in [-0.05, 0) is 191 Å². The van der Waals surface area contributed by atoms with Crippen molar-refractivity contribution in [1.29, 1.82) is 0 Å². The lowest BCUT2D eigenvalue weighted by Gasteiger charge is -2.28. The maximum absolute atomic E-state index is 6.80. The van der Waals surface area contributed by atoms with Crippen LogP contribution < -0.4 is 9.80 Å². The molecular formula is C70H52N2O4. The van der Waals surface area contributed by atoms with E-state index in [-0.39, 0.29) is 0 Å². The smallest absolute Gasteiger partial charge is 0.136 e. The zero-order valence-corrected chi connectivity index (χ0v) is 43.2. The van der Waals surface area contributed by atoms with E-state index >= 15 is 0 Å². The van der Waals surface area contributed by atoms with Crippen LogP contribution in [0.25, 0.3) is 109 Å². The van der Waals surface area contributed by atoms with E-state index in [9.17, 15) is 0 Å². The fourth-order valence-electron chi connectivity index (χ4n) is 12.1. The van der Waals surface area contributed by atoms with Crippen molar-refractivity contribution in [3.8, 4) is 0 Å². The van der Waals surface area contributed by atoms with Gasteiger partial charge in [-0.15, -0.1) is 0 Å². The molecule has 76 heavy (non-hydrogen) atoms. The fraction of sp³-hybridized carbons (Fsp3) is 0.114. The molecule has 4 aromatic heterocycles. The topological polar surface area (TPSA) is 59.0 Å². The Hall–Kier alpha value is -9.26. The molecule has 0 N–H and O–H groups in total. The van der Waals surface area contributed by atoms with E-state index in [1.807, 2.05) is 24.3 Å². The summed E-state index contributed by atoms with van der Waals surface area (Å²) >= 11 is 0. The van der Waals surface area contributed by atoms with Gasteiger partial charge in [-0.25, -0.2) is 0 Å². The first-order chi connectivity index (χ1) is 37.1. The molecule has 15 aromatic rings. The van der Waals surface area contributed by atoms with Crippen molar-refractivity contribution in [2.24, 2.45) is 0 Å². The van der Waals surface area contributed by atoms with Gasteiger partial charge >= 0.3 is 0 Å². The number of nitrogens with zero attached hydrogens (tertiary/aromatic N) is 2. The van der Waals surface area contributed by atoms with Crippen LogP contribution in [-0.4, -0.2) is 0 Å². The van der Waals surface area contributed by atoms with Gasteiger partial charge in [0.05, 0.1) is 0 Å². The molecule has 4 heterocycles. The third-order valence-corrected chi connectivity index (χ3v) is 16.1. The summed E-state index contributed by atoms with van der Waals surface area (Å²) in [5.41, 5.74) is 18.4. The van der Waals surface area contributed by atoms with Crippen molar-refractivity contribution in [3.05, 3.63) is 216 Å². The van der Waals surface area contributed by atoms with Gasteiger partial charge in [0.15, 0.2) is 0 Å². The van der Waals surface area contributed by atoms with Crippen LogP contribution in [0.1, 0.15) is 61.8 Å². The van der Waals surface area contributed by atoms with Crippen molar-refractivity contribution in [2.75, 3.05) is 9.80 Å². The van der Waals surface area contributed by atoms with Crippen LogP contribution in [-0.2, 0) is 0 Å². The van der Waals surface area contributed by atoms with Crippen molar-refractivity contribution in [3.63, 3.8) is 0 Å². The van der Waals surface area contributed by atoms with Crippen molar-refractivity contribution in [2.45, 2.75) is 53.4 Å². The van der Waals surface area contributed by atoms with Gasteiger partial charge < -0.3 is 27.5 Å². The summed E-state index contributed by atoms with van der Waals surface area (Å²) in [5, 5.41) is 13.1. The highest BCUT2D eigenvalue weighted by atomic mass is 16.3. The number of aryl methyl sites for hydroxylation is 2. The average Bonchev–Trinajstić information content (AvgIpc) is 4.21. The summed E-state index contributed by atoms with van der Waals surface area (Å²) in [6.07, 6.45) is 0. The average molecular weight is 985 g/mol. The molecule has 0 radical (unpaired) electrons. The Morgan fingerprint density at radius 2 is 0.658 bits per heavy atom. The van der Waals surface area contributed by atoms with Gasteiger partial charge in [0.2, 0.25) is 0 Å². The summed E-state index contributed by atoms with van der Waals surface area (Å²) in [7, 11) is 0. The standard InChI is InChI=1S/C70H52N2O4/c1-39(2)43-15-21-49(22-16-43)71(59-27-29-63-69(41(59)5)53-11-7-9-13-61(53)73-63)51-25-19-45-33-55-57-37-68-58(38-67(57)75-65(55)35-47(45)31-51)56-34-46-20-26-52(32-48(46)36-66(56)76-68)72(50-23-17-44(18-24-50)40(3)4)60-28-30-64-70(42(60)6)54-12-8-10-14-62(54)74-64/h7-40H,1-6H3. The zero-order valence-electron chi connectivity index (χ0n) is 43.2. The highest BCUT2D eigenvalue weighted by Gasteiger charge is 2.23. The van der Waals surface area contributed by atoms with Gasteiger partial charge in [0.1, 0.15) is 44.7 Å². The molecule has 11 aromatic carbocycles. The number of fused-ring (bicyclic) bond motifs is 14. The first-order valence-corrected chi connectivity index (χ1v) is 26.4. The van der Waals surface area contributed by atoms with E-state index in [0.29, 0.717) is 11.8 Å². The number of furan rings is 4. The van der Waals surface area contributed by atoms with Crippen LogP contribution >= 0.6 is 0 Å². The lowest BCUT2D eigenvalue weighted by Crippen LogP contribution is -2.11. The minimum atomic E-state index is 0.430. The molecule has 0 amide bonds. The molecule has 0 fully saturated rings. The molecule has 0 atom stereocenters. The Kier molecular flexibility index (Phi) is 9.68. The van der Waals surface area contributed by atoms with Crippen molar-refractivity contribution in [1.82, 2.24) is 0 Å². The van der Waals surface area contributed by atoms with E-state index in [0.717, 1.165) is 155 Å². The van der Waals surface area contributed by atoms with E-state index < -0.39 is 0 Å². The largest absolute Gasteiger partial charge is 0.456 e. The number of para-hydroxylation sites is 2. The molecule has 6 heteroatoms. The summed E-state index contributed by atoms with van der Waals surface area (Å²) in [6.45, 7) is 13.4. The molecule has 0 aliphatic carbocycles. The Labute approximate surface area is 438 Å². The maximum atomic E-state index is 6.80. The minimum Gasteiger partial charge on any atom is -0.456 e. The number of hydrogen-bond donors (Lipinski definition) is 0. The Bertz CT molecular complexity index is 4540. The maximum Gasteiger partial charge on any atom is 0.136 e. The molecule has 0 aliphatic heterocycles. The molecule has 0 saturated heterocycles. The predicted molar refractivity (Wildman–Crippen MR) is 318 cm³/mol. The van der Waals surface area contributed by atoms with Gasteiger partial charge in [0, 0.05) is 77.2 Å². The highest BCUT2D eigenvalue weighted by Crippen LogP contribution is 2.47. The second-order valence-corrected chi connectivity index (χ2v) is 21.3. The van der Waals surface area contributed by atoms with Crippen LogP contribution in [0.4, 0.5) is 34.1 Å².